The van der Waals surface area contributed by atoms with Gasteiger partial charge in [-0.15, -0.1) is 0 Å². The predicted octanol–water partition coefficient (Wildman–Crippen LogP) is 4.80. The molecule has 29 heavy (non-hydrogen) atoms. The molecule has 0 aliphatic rings. The molecular weight excluding hydrogens is 390 g/mol. The van der Waals surface area contributed by atoms with Gasteiger partial charge in [-0.1, -0.05) is 23.7 Å². The molecule has 0 fully saturated rings. The number of halogens is 1. The van der Waals surface area contributed by atoms with E-state index in [1.165, 1.54) is 6.08 Å². The first-order valence-electron chi connectivity index (χ1n) is 9.24. The van der Waals surface area contributed by atoms with Crippen molar-refractivity contribution in [2.75, 3.05) is 25.1 Å². The number of rotatable bonds is 9. The number of ether oxygens (including phenoxy) is 2. The predicted molar refractivity (Wildman–Crippen MR) is 115 cm³/mol. The molecule has 3 aromatic rings. The van der Waals surface area contributed by atoms with Crippen LogP contribution in [0.25, 0.3) is 17.5 Å². The molecule has 0 unspecified atom stereocenters. The fraction of sp³-hybridized carbons (Fsp3) is 0.182. The number of aromatic amines is 1. The number of hydrogen-bond acceptors (Lipinski definition) is 4. The summed E-state index contributed by atoms with van der Waals surface area (Å²) in [6.07, 6.45) is 6.61. The average Bonchev–Trinajstić information content (AvgIpc) is 3.26. The van der Waals surface area contributed by atoms with Crippen LogP contribution in [0.5, 0.6) is 5.75 Å². The third-order valence-electron chi connectivity index (χ3n) is 4.00. The average molecular weight is 412 g/mol. The first kappa shape index (κ1) is 20.6. The van der Waals surface area contributed by atoms with E-state index in [1.807, 2.05) is 37.3 Å². The largest absolute Gasteiger partial charge is 0.489 e. The number of carbonyl (C=O) groups excluding carboxylic acids is 1. The number of nitrogens with one attached hydrogen (secondary N) is 2. The van der Waals surface area contributed by atoms with Crippen molar-refractivity contribution in [1.29, 1.82) is 0 Å². The van der Waals surface area contributed by atoms with Gasteiger partial charge >= 0.3 is 0 Å². The van der Waals surface area contributed by atoms with Crippen LogP contribution in [-0.4, -0.2) is 35.7 Å². The summed E-state index contributed by atoms with van der Waals surface area (Å²) in [5.41, 5.74) is 2.27. The van der Waals surface area contributed by atoms with Crippen molar-refractivity contribution in [3.8, 4) is 17.1 Å². The highest BCUT2D eigenvalue weighted by Crippen LogP contribution is 2.29. The first-order valence-corrected chi connectivity index (χ1v) is 9.62. The molecule has 0 saturated heterocycles. The van der Waals surface area contributed by atoms with E-state index < -0.39 is 0 Å². The van der Waals surface area contributed by atoms with Gasteiger partial charge in [-0.2, -0.15) is 0 Å². The van der Waals surface area contributed by atoms with Gasteiger partial charge in [-0.05, 0) is 48.9 Å². The second-order valence-corrected chi connectivity index (χ2v) is 6.50. The van der Waals surface area contributed by atoms with Crippen molar-refractivity contribution in [2.45, 2.75) is 6.92 Å². The zero-order chi connectivity index (χ0) is 20.5. The number of imidazole rings is 1. The lowest BCUT2D eigenvalue weighted by atomic mass is 10.1. The smallest absolute Gasteiger partial charge is 0.248 e. The summed E-state index contributed by atoms with van der Waals surface area (Å²) in [7, 11) is 0. The van der Waals surface area contributed by atoms with Gasteiger partial charge < -0.3 is 19.8 Å². The van der Waals surface area contributed by atoms with E-state index in [2.05, 4.69) is 15.3 Å². The Kier molecular flexibility index (Phi) is 7.44. The molecule has 3 rings (SSSR count). The summed E-state index contributed by atoms with van der Waals surface area (Å²) < 4.78 is 11.1. The lowest BCUT2D eigenvalue weighted by molar-refractivity contribution is -0.111. The van der Waals surface area contributed by atoms with Crippen LogP contribution in [0.1, 0.15) is 12.5 Å². The summed E-state index contributed by atoms with van der Waals surface area (Å²) in [5, 5.41) is 3.52. The Hall–Kier alpha value is -3.09. The highest BCUT2D eigenvalue weighted by atomic mass is 35.5. The summed E-state index contributed by atoms with van der Waals surface area (Å²) in [6.45, 7) is 3.41. The lowest BCUT2D eigenvalue weighted by Gasteiger charge is -2.13. The van der Waals surface area contributed by atoms with E-state index in [0.717, 1.165) is 11.1 Å². The first-order chi connectivity index (χ1) is 14.2. The minimum absolute atomic E-state index is 0.272. The number of benzene rings is 2. The molecule has 150 valence electrons. The topological polar surface area (TPSA) is 76.2 Å². The molecule has 0 atom stereocenters. The van der Waals surface area contributed by atoms with Crippen molar-refractivity contribution in [2.24, 2.45) is 0 Å². The second-order valence-electron chi connectivity index (χ2n) is 6.07. The van der Waals surface area contributed by atoms with E-state index in [1.54, 1.807) is 30.6 Å². The highest BCUT2D eigenvalue weighted by molar-refractivity contribution is 6.30. The Bertz CT molecular complexity index is 954. The third kappa shape index (κ3) is 6.20. The quantitative estimate of drug-likeness (QED) is 0.392. The van der Waals surface area contributed by atoms with Gasteiger partial charge in [0.25, 0.3) is 0 Å². The molecular formula is C22H22ClN3O3. The summed E-state index contributed by atoms with van der Waals surface area (Å²) in [5.74, 6) is 0.998. The van der Waals surface area contributed by atoms with Crippen LogP contribution in [0.4, 0.5) is 5.69 Å². The van der Waals surface area contributed by atoms with Crippen LogP contribution in [0.3, 0.4) is 0 Å². The fourth-order valence-corrected chi connectivity index (χ4v) is 2.73. The SMILES string of the molecule is CCOCCOc1ccc(-c2ncc[nH]2)cc1NC(=O)/C=C/c1ccc(Cl)cc1. The molecule has 0 saturated carbocycles. The van der Waals surface area contributed by atoms with E-state index >= 15 is 0 Å². The van der Waals surface area contributed by atoms with E-state index in [9.17, 15) is 4.79 Å². The van der Waals surface area contributed by atoms with Crippen molar-refractivity contribution in [3.05, 3.63) is 71.5 Å². The number of hydrogen-bond donors (Lipinski definition) is 2. The number of amides is 1. The number of carbonyl (C=O) groups is 1. The number of aromatic nitrogens is 2. The molecule has 0 spiro atoms. The van der Waals surface area contributed by atoms with E-state index in [4.69, 9.17) is 21.1 Å². The standard InChI is InChI=1S/C22H22ClN3O3/c1-2-28-13-14-29-20-9-6-17(22-24-11-12-25-22)15-19(20)26-21(27)10-5-16-3-7-18(23)8-4-16/h3-12,15H,2,13-14H2,1H3,(H,24,25)(H,26,27)/b10-5+. The van der Waals surface area contributed by atoms with Crippen LogP contribution in [-0.2, 0) is 9.53 Å². The van der Waals surface area contributed by atoms with Gasteiger partial charge in [0.05, 0.1) is 12.3 Å². The van der Waals surface area contributed by atoms with Crippen LogP contribution < -0.4 is 10.1 Å². The zero-order valence-electron chi connectivity index (χ0n) is 16.0. The van der Waals surface area contributed by atoms with Gasteiger partial charge in [0.1, 0.15) is 18.2 Å². The number of H-pyrrole nitrogens is 1. The molecule has 0 aliphatic heterocycles. The molecule has 0 bridgehead atoms. The van der Waals surface area contributed by atoms with Crippen LogP contribution in [0, 0.1) is 0 Å². The minimum Gasteiger partial charge on any atom is -0.489 e. The Morgan fingerprint density at radius 1 is 1.21 bits per heavy atom. The maximum atomic E-state index is 12.5. The normalized spacial score (nSPS) is 11.0. The van der Waals surface area contributed by atoms with Crippen molar-refractivity contribution >= 4 is 29.3 Å². The molecule has 0 aliphatic carbocycles. The van der Waals surface area contributed by atoms with Crippen LogP contribution in [0.2, 0.25) is 5.02 Å². The molecule has 6 nitrogen and oxygen atoms in total. The second kappa shape index (κ2) is 10.5. The molecule has 1 amide bonds. The van der Waals surface area contributed by atoms with E-state index in [-0.39, 0.29) is 5.91 Å². The Morgan fingerprint density at radius 2 is 2.03 bits per heavy atom. The van der Waals surface area contributed by atoms with Crippen molar-refractivity contribution < 1.29 is 14.3 Å². The van der Waals surface area contributed by atoms with Gasteiger partial charge in [-0.25, -0.2) is 4.98 Å². The number of nitrogens with zero attached hydrogens (tertiary/aromatic N) is 1. The van der Waals surface area contributed by atoms with Gasteiger partial charge in [0.15, 0.2) is 0 Å². The van der Waals surface area contributed by atoms with Gasteiger partial charge in [0.2, 0.25) is 5.91 Å². The highest BCUT2D eigenvalue weighted by Gasteiger charge is 2.10. The summed E-state index contributed by atoms with van der Waals surface area (Å²) >= 11 is 5.88. The van der Waals surface area contributed by atoms with Crippen LogP contribution in [0.15, 0.2) is 60.9 Å². The molecule has 0 radical (unpaired) electrons. The van der Waals surface area contributed by atoms with Crippen molar-refractivity contribution in [3.63, 3.8) is 0 Å². The van der Waals surface area contributed by atoms with E-state index in [0.29, 0.717) is 42.1 Å². The summed E-state index contributed by atoms with van der Waals surface area (Å²) in [4.78, 5) is 19.8. The Labute approximate surface area is 174 Å². The lowest BCUT2D eigenvalue weighted by Crippen LogP contribution is -2.12. The van der Waals surface area contributed by atoms with Gasteiger partial charge in [0, 0.05) is 35.7 Å². The molecule has 1 aromatic heterocycles. The Balaban J connectivity index is 1.75. The molecule has 7 heteroatoms. The summed E-state index contributed by atoms with van der Waals surface area (Å²) in [6, 6.07) is 12.7. The molecule has 2 aromatic carbocycles. The number of anilines is 1. The molecule has 1 heterocycles. The van der Waals surface area contributed by atoms with Crippen molar-refractivity contribution in [1.82, 2.24) is 9.97 Å². The zero-order valence-corrected chi connectivity index (χ0v) is 16.8. The fourth-order valence-electron chi connectivity index (χ4n) is 2.60. The Morgan fingerprint density at radius 3 is 2.76 bits per heavy atom. The third-order valence-corrected chi connectivity index (χ3v) is 4.25. The minimum atomic E-state index is -0.272. The van der Waals surface area contributed by atoms with Crippen LogP contribution >= 0.6 is 11.6 Å². The van der Waals surface area contributed by atoms with Gasteiger partial charge in [-0.3, -0.25) is 4.79 Å². The monoisotopic (exact) mass is 411 g/mol. The maximum Gasteiger partial charge on any atom is 0.248 e. The maximum absolute atomic E-state index is 12.5. The molecule has 2 N–H and O–H groups in total.